The second-order valence-electron chi connectivity index (χ2n) is 11.7. The number of hydrogen-bond acceptors (Lipinski definition) is 0. The van der Waals surface area contributed by atoms with Gasteiger partial charge in [-0.15, -0.1) is 0 Å². The first-order valence-corrected chi connectivity index (χ1v) is 14.0. The van der Waals surface area contributed by atoms with E-state index in [4.69, 9.17) is 162 Å². The predicted octanol–water partition coefficient (Wildman–Crippen LogP) is -17.6. The second kappa shape index (κ2) is 21.9. The third-order valence-corrected chi connectivity index (χ3v) is 8.44. The van der Waals surface area contributed by atoms with E-state index in [1.54, 1.807) is 7.06 Å². The van der Waals surface area contributed by atoms with Gasteiger partial charge in [-0.2, -0.15) is 7.06 Å². The molecule has 0 N–H and O–H groups in total. The van der Waals surface area contributed by atoms with E-state index >= 15 is 0 Å². The molecule has 0 atom stereocenters. The highest BCUT2D eigenvalue weighted by Crippen LogP contribution is 2.15. The monoisotopic (exact) mass is 487 g/mol. The third-order valence-electron chi connectivity index (χ3n) is 8.44. The topological polar surface area (TPSA) is 0 Å². The van der Waals surface area contributed by atoms with E-state index in [0.717, 1.165) is 0 Å². The molecule has 0 nitrogen and oxygen atoms in total. The predicted molar refractivity (Wildman–Crippen MR) is 257 cm³/mol. The van der Waals surface area contributed by atoms with E-state index in [0.29, 0.717) is 0 Å². The van der Waals surface area contributed by atoms with Crippen molar-refractivity contribution in [1.29, 1.82) is 0 Å². The van der Waals surface area contributed by atoms with Gasteiger partial charge in [-0.3, -0.25) is 0 Å². The highest BCUT2D eigenvalue weighted by molar-refractivity contribution is 8.29. The highest BCUT2D eigenvalue weighted by atomic mass is 13.3. The summed E-state index contributed by atoms with van der Waals surface area (Å²) >= 11 is 0. The van der Waals surface area contributed by atoms with Gasteiger partial charge in [0, 0.05) is 0 Å². The summed E-state index contributed by atoms with van der Waals surface area (Å²) in [7, 11) is 136. The molecule has 0 aromatic heterocycles. The molecule has 0 aromatic rings. The van der Waals surface area contributed by atoms with E-state index in [2.05, 4.69) is 0 Å². The summed E-state index contributed by atoms with van der Waals surface area (Å²) in [5.74, 6) is 0. The lowest BCUT2D eigenvalue weighted by molar-refractivity contribution is 3.25. The minimum Gasteiger partial charge on any atom is -0.158 e. The molecule has 0 aliphatic heterocycles. The summed E-state index contributed by atoms with van der Waals surface area (Å²) < 4.78 is 0. The van der Waals surface area contributed by atoms with Gasteiger partial charge in [0.15, 0.2) is 0 Å². The van der Waals surface area contributed by atoms with Crippen molar-refractivity contribution in [1.82, 2.24) is 0 Å². The van der Waals surface area contributed by atoms with Crippen LogP contribution in [0.25, 0.3) is 0 Å². The lowest BCUT2D eigenvalue weighted by Gasteiger charge is -2.51. The standard InChI is InChI=1S/B44H3/c1-23-35(22)43(40(29(10)11)30(12)13)37(44(41(31(14)15)32(16)17)42(33(18)19)34(20)21)24-36(38(25(2)3)26(4)5)39(27(6)7)28(8)9/h1H3/q-1. The van der Waals surface area contributed by atoms with Gasteiger partial charge in [-0.1, -0.05) is 7.74 Å². The fourth-order valence-corrected chi connectivity index (χ4v) is 6.67. The molecular formula is H3B44-. The summed E-state index contributed by atoms with van der Waals surface area (Å²) in [5, 5.41) is 0. The van der Waals surface area contributed by atoms with E-state index in [9.17, 15) is 0 Å². The van der Waals surface area contributed by atoms with Crippen LogP contribution in [0.4, 0.5) is 0 Å². The Labute approximate surface area is 309 Å². The maximum absolute atomic E-state index is 6.82. The Hall–Kier alpha value is 2.86. The van der Waals surface area contributed by atoms with Crippen molar-refractivity contribution in [3.05, 3.63) is 0 Å². The summed E-state index contributed by atoms with van der Waals surface area (Å²) in [5.41, 5.74) is 0. The van der Waals surface area contributed by atoms with Crippen molar-refractivity contribution in [3.8, 4) is 0 Å². The molecule has 0 spiro atoms. The van der Waals surface area contributed by atoms with Crippen LogP contribution in [0.5, 0.6) is 0 Å². The average molecular weight is 479 g/mol. The Morgan fingerprint density at radius 1 is 0.273 bits per heavy atom. The minimum absolute atomic E-state index is 0.427. The molecule has 44 heavy (non-hydrogen) atoms. The first-order chi connectivity index (χ1) is 20.1. The molecule has 0 bridgehead atoms. The zero-order valence-corrected chi connectivity index (χ0v) is 24.8. The lowest BCUT2D eigenvalue weighted by atomic mass is 8.30. The van der Waals surface area contributed by atoms with Crippen LogP contribution in [-0.2, 0) is 0 Å². The van der Waals surface area contributed by atoms with Gasteiger partial charge in [-0.25, -0.2) is 0 Å². The second-order valence-corrected chi connectivity index (χ2v) is 11.7. The number of hydrogen-bond donors (Lipinski definition) is 0. The summed E-state index contributed by atoms with van der Waals surface area (Å²) in [6.45, 7) is 0. The van der Waals surface area contributed by atoms with Gasteiger partial charge in [0.25, 0.3) is 0 Å². The molecule has 0 unspecified atom stereocenters. The Bertz CT molecular complexity index is 638. The first kappa shape index (κ1) is 46.9. The Morgan fingerprint density at radius 3 is 0.682 bits per heavy atom. The van der Waals surface area contributed by atoms with Crippen LogP contribution in [0, 0.1) is 0 Å². The van der Waals surface area contributed by atoms with Gasteiger partial charge in [0.1, 0.15) is 0 Å². The van der Waals surface area contributed by atoms with Crippen molar-refractivity contribution < 1.29 is 0 Å². The van der Waals surface area contributed by atoms with E-state index in [1.165, 1.54) is 0 Å². The van der Waals surface area contributed by atoms with Crippen LogP contribution in [0.2, 0.25) is 0 Å². The zero-order chi connectivity index (χ0) is 35.0. The summed E-state index contributed by atoms with van der Waals surface area (Å²) in [4.78, 5) is 0. The molecule has 0 saturated heterocycles. The molecule has 0 amide bonds. The van der Waals surface area contributed by atoms with Gasteiger partial charge < -0.3 is 0 Å². The molecule has 0 saturated carbocycles. The van der Waals surface area contributed by atoms with Gasteiger partial charge in [-0.05, 0) is 297 Å². The van der Waals surface area contributed by atoms with Crippen LogP contribution in [0.1, 0.15) is 0 Å². The van der Waals surface area contributed by atoms with Gasteiger partial charge >= 0.3 is 0 Å². The van der Waals surface area contributed by atoms with E-state index in [-0.39, 0.29) is 0 Å². The maximum Gasteiger partial charge on any atom is -0.0000000000000000739 e. The first-order valence-electron chi connectivity index (χ1n) is 14.0. The quantitative estimate of drug-likeness (QED) is 0.144. The number of rotatable bonds is 21. The fourth-order valence-electron chi connectivity index (χ4n) is 6.67. The summed E-state index contributed by atoms with van der Waals surface area (Å²) in [6, 6.07) is 0. The van der Waals surface area contributed by atoms with Gasteiger partial charge in [0.05, 0.1) is 0 Å². The van der Waals surface area contributed by atoms with E-state index in [1.807, 2.05) is 7.06 Å². The average Bonchev–Trinajstić information content (AvgIpc) is 2.82. The van der Waals surface area contributed by atoms with Crippen molar-refractivity contribution >= 4 is 312 Å². The normalized spacial score (nSPS) is 9.57. The smallest absolute Gasteiger partial charge is 0.0000000000000000739 e. The Morgan fingerprint density at radius 2 is 0.477 bits per heavy atom. The van der Waals surface area contributed by atoms with Crippen LogP contribution < -0.4 is 0 Å². The highest BCUT2D eigenvalue weighted by Gasteiger charge is 2.53. The van der Waals surface area contributed by atoms with Gasteiger partial charge in [0.2, 0.25) is 0 Å². The molecule has 0 aliphatic carbocycles. The largest absolute Gasteiger partial charge is 0.158 e. The van der Waals surface area contributed by atoms with Crippen LogP contribution >= 0.6 is 0 Å². The summed E-state index contributed by atoms with van der Waals surface area (Å²) in [6.07, 6.45) is -20.0. The molecule has 0 heterocycles. The van der Waals surface area contributed by atoms with Crippen molar-refractivity contribution in [2.24, 2.45) is 0 Å². The fraction of sp³-hybridized carbons (Fsp3) is 0. The van der Waals surface area contributed by atoms with E-state index < -0.39 is 135 Å². The molecule has 44 radical (unpaired) electrons. The van der Waals surface area contributed by atoms with Crippen molar-refractivity contribution in [2.45, 2.75) is 0 Å². The maximum atomic E-state index is 6.82. The van der Waals surface area contributed by atoms with Crippen LogP contribution in [0.15, 0.2) is 0 Å². The molecule has 0 aromatic carbocycles. The third kappa shape index (κ3) is 13.2. The van der Waals surface area contributed by atoms with Crippen LogP contribution in [0.3, 0.4) is 0 Å². The zero-order valence-electron chi connectivity index (χ0n) is 24.8. The van der Waals surface area contributed by atoms with Crippen molar-refractivity contribution in [3.63, 3.8) is 0 Å². The molecule has 0 fully saturated rings. The lowest BCUT2D eigenvalue weighted by Crippen LogP contribution is -2.89. The Balaban J connectivity index is 8.28. The molecule has 0 aliphatic rings. The SMILES string of the molecule is [B]B([B])B(B([B])[B])B([B]B(B(B([B])[B][BH3-])B(B([B])[B])B([B])[B])B(B(B([B])[B])B([B])[B])B(B([B])[B])B([B])[B])B(B([B])[B])B([B])[B]. The van der Waals surface area contributed by atoms with Crippen molar-refractivity contribution in [2.75, 3.05) is 0 Å². The minimum atomic E-state index is -1.15. The molecule has 0 rings (SSSR count). The van der Waals surface area contributed by atoms with Crippen LogP contribution in [-0.4, -0.2) is 312 Å². The Kier molecular flexibility index (Phi) is 23.4. The molecule has 44 heteroatoms. The molecular weight excluding hydrogens is 476 g/mol. The molecule has 136 valence electrons.